The molecule has 1 N–H and O–H groups in total. The minimum atomic E-state index is -0.175. The molecule has 0 spiro atoms. The maximum absolute atomic E-state index is 13.3. The van der Waals surface area contributed by atoms with Gasteiger partial charge in [0, 0.05) is 16.5 Å². The van der Waals surface area contributed by atoms with Crippen molar-refractivity contribution in [3.8, 4) is 0 Å². The molecule has 0 radical (unpaired) electrons. The zero-order chi connectivity index (χ0) is 23.6. The molecular formula is C26H32ClN3O2S. The number of thioether (sulfide) groups is 1. The van der Waals surface area contributed by atoms with Crippen molar-refractivity contribution in [1.82, 2.24) is 10.2 Å². The lowest BCUT2D eigenvalue weighted by Gasteiger charge is -2.30. The number of carbonyl (C=O) groups excluding carboxylic acids is 2. The van der Waals surface area contributed by atoms with Crippen LogP contribution < -0.4 is 10.2 Å². The van der Waals surface area contributed by atoms with Crippen molar-refractivity contribution in [2.75, 3.05) is 37.6 Å². The van der Waals surface area contributed by atoms with Crippen molar-refractivity contribution in [2.24, 2.45) is 0 Å². The van der Waals surface area contributed by atoms with E-state index < -0.39 is 0 Å². The highest BCUT2D eigenvalue weighted by Crippen LogP contribution is 2.41. The van der Waals surface area contributed by atoms with Crippen molar-refractivity contribution in [3.05, 3.63) is 64.0 Å². The number of fused-ring (bicyclic) bond motifs is 1. The van der Waals surface area contributed by atoms with Gasteiger partial charge in [-0.15, -0.1) is 0 Å². The Kier molecular flexibility index (Phi) is 9.85. The summed E-state index contributed by atoms with van der Waals surface area (Å²) in [5.74, 6) is -0.324. The van der Waals surface area contributed by atoms with Gasteiger partial charge in [0.2, 0.25) is 5.91 Å². The zero-order valence-electron chi connectivity index (χ0n) is 19.4. The Morgan fingerprint density at radius 1 is 1.09 bits per heavy atom. The van der Waals surface area contributed by atoms with Gasteiger partial charge in [0.25, 0.3) is 5.91 Å². The van der Waals surface area contributed by atoms with E-state index in [1.165, 1.54) is 11.8 Å². The van der Waals surface area contributed by atoms with Crippen LogP contribution in [-0.2, 0) is 9.59 Å². The highest BCUT2D eigenvalue weighted by Gasteiger charge is 2.30. The van der Waals surface area contributed by atoms with E-state index in [-0.39, 0.29) is 18.4 Å². The molecule has 176 valence electrons. The van der Waals surface area contributed by atoms with Crippen molar-refractivity contribution in [2.45, 2.75) is 38.0 Å². The molecule has 0 atom stereocenters. The van der Waals surface area contributed by atoms with E-state index in [9.17, 15) is 9.59 Å². The minimum Gasteiger partial charge on any atom is -0.355 e. The third-order valence-corrected chi connectivity index (χ3v) is 6.65. The number of para-hydroxylation sites is 1. The number of hydrogen-bond donors (Lipinski definition) is 1. The van der Waals surface area contributed by atoms with Gasteiger partial charge in [0.15, 0.2) is 0 Å². The molecule has 0 saturated carbocycles. The molecule has 0 fully saturated rings. The van der Waals surface area contributed by atoms with Gasteiger partial charge in [0.05, 0.1) is 10.6 Å². The Bertz CT molecular complexity index is 989. The molecule has 5 nitrogen and oxygen atoms in total. The largest absolute Gasteiger partial charge is 0.355 e. The predicted octanol–water partition coefficient (Wildman–Crippen LogP) is 5.45. The van der Waals surface area contributed by atoms with E-state index in [2.05, 4.69) is 24.1 Å². The molecule has 7 heteroatoms. The van der Waals surface area contributed by atoms with Crippen LogP contribution >= 0.6 is 23.4 Å². The van der Waals surface area contributed by atoms with Gasteiger partial charge in [-0.25, -0.2) is 0 Å². The highest BCUT2D eigenvalue weighted by atomic mass is 35.5. The fourth-order valence-corrected chi connectivity index (χ4v) is 5.12. The molecule has 2 aromatic carbocycles. The summed E-state index contributed by atoms with van der Waals surface area (Å²) in [6, 6.07) is 15.1. The zero-order valence-corrected chi connectivity index (χ0v) is 20.9. The van der Waals surface area contributed by atoms with Crippen LogP contribution in [0.5, 0.6) is 0 Å². The molecule has 0 unspecified atom stereocenters. The first-order chi connectivity index (χ1) is 16.0. The fraction of sp³-hybridized carbons (Fsp3) is 0.385. The van der Waals surface area contributed by atoms with Crippen molar-refractivity contribution < 1.29 is 9.59 Å². The Hall–Kier alpha value is -2.28. The molecule has 33 heavy (non-hydrogen) atoms. The normalized spacial score (nSPS) is 14.6. The molecule has 3 rings (SSSR count). The van der Waals surface area contributed by atoms with Crippen LogP contribution in [0, 0.1) is 0 Å². The number of benzene rings is 2. The number of halogens is 1. The second kappa shape index (κ2) is 12.8. The third kappa shape index (κ3) is 7.36. The summed E-state index contributed by atoms with van der Waals surface area (Å²) in [6.07, 6.45) is 4.99. The summed E-state index contributed by atoms with van der Waals surface area (Å²) in [5, 5.41) is 3.61. The number of hydrogen-bond acceptors (Lipinski definition) is 4. The van der Waals surface area contributed by atoms with E-state index in [4.69, 9.17) is 11.6 Å². The number of anilines is 1. The first kappa shape index (κ1) is 25.3. The van der Waals surface area contributed by atoms with Gasteiger partial charge in [-0.3, -0.25) is 14.5 Å². The molecular weight excluding hydrogens is 454 g/mol. The maximum Gasteiger partial charge on any atom is 0.265 e. The lowest BCUT2D eigenvalue weighted by molar-refractivity contribution is -0.122. The molecule has 2 aromatic rings. The lowest BCUT2D eigenvalue weighted by atomic mass is 10.2. The highest BCUT2D eigenvalue weighted by molar-refractivity contribution is 8.04. The Morgan fingerprint density at radius 2 is 1.85 bits per heavy atom. The summed E-state index contributed by atoms with van der Waals surface area (Å²) in [7, 11) is 0. The van der Waals surface area contributed by atoms with E-state index in [0.29, 0.717) is 16.5 Å². The first-order valence-electron chi connectivity index (χ1n) is 11.6. The van der Waals surface area contributed by atoms with Crippen LogP contribution in [0.2, 0.25) is 5.02 Å². The second-order valence-electron chi connectivity index (χ2n) is 8.07. The first-order valence-corrected chi connectivity index (χ1v) is 12.8. The second-order valence-corrected chi connectivity index (χ2v) is 9.59. The Balaban J connectivity index is 1.65. The lowest BCUT2D eigenvalue weighted by Crippen LogP contribution is -2.43. The molecule has 0 aromatic heterocycles. The topological polar surface area (TPSA) is 52.7 Å². The Morgan fingerprint density at radius 3 is 2.58 bits per heavy atom. The smallest absolute Gasteiger partial charge is 0.265 e. The van der Waals surface area contributed by atoms with Crippen LogP contribution in [0.4, 0.5) is 5.69 Å². The fourth-order valence-electron chi connectivity index (χ4n) is 3.86. The predicted molar refractivity (Wildman–Crippen MR) is 139 cm³/mol. The SMILES string of the molecule is CCCN(CCC)CCCNC(=O)CN1C(=O)C(=Cc2cccc(Cl)c2)Sc2ccccc21. The van der Waals surface area contributed by atoms with Crippen LogP contribution in [0.3, 0.4) is 0 Å². The number of rotatable bonds is 11. The van der Waals surface area contributed by atoms with Crippen molar-refractivity contribution >= 4 is 46.9 Å². The van der Waals surface area contributed by atoms with Crippen LogP contribution in [0.1, 0.15) is 38.7 Å². The molecule has 0 aliphatic carbocycles. The average molecular weight is 486 g/mol. The quantitative estimate of drug-likeness (QED) is 0.339. The van der Waals surface area contributed by atoms with Gasteiger partial charge >= 0.3 is 0 Å². The summed E-state index contributed by atoms with van der Waals surface area (Å²) in [6.45, 7) is 8.11. The van der Waals surface area contributed by atoms with E-state index in [1.807, 2.05) is 48.5 Å². The van der Waals surface area contributed by atoms with Crippen LogP contribution in [0.15, 0.2) is 58.3 Å². The van der Waals surface area contributed by atoms with Crippen LogP contribution in [-0.4, -0.2) is 49.4 Å². The van der Waals surface area contributed by atoms with E-state index >= 15 is 0 Å². The van der Waals surface area contributed by atoms with E-state index in [1.54, 1.807) is 11.0 Å². The van der Waals surface area contributed by atoms with Gasteiger partial charge in [-0.05, 0) is 74.8 Å². The summed E-state index contributed by atoms with van der Waals surface area (Å²) < 4.78 is 0. The minimum absolute atomic E-state index is 0.00305. The summed E-state index contributed by atoms with van der Waals surface area (Å²) in [5.41, 5.74) is 1.62. The van der Waals surface area contributed by atoms with Gasteiger partial charge in [-0.2, -0.15) is 0 Å². The molecule has 0 bridgehead atoms. The molecule has 1 aliphatic heterocycles. The standard InChI is InChI=1S/C26H32ClN3O2S/c1-3-14-29(15-4-2)16-8-13-28-25(31)19-30-22-11-5-6-12-23(22)33-24(26(30)32)18-20-9-7-10-21(27)17-20/h5-7,9-12,17-18H,3-4,8,13-16,19H2,1-2H3,(H,28,31). The van der Waals surface area contributed by atoms with Crippen LogP contribution in [0.25, 0.3) is 6.08 Å². The monoisotopic (exact) mass is 485 g/mol. The number of amides is 2. The Labute approximate surface area is 206 Å². The van der Waals surface area contributed by atoms with Gasteiger partial charge < -0.3 is 10.2 Å². The average Bonchev–Trinajstić information content (AvgIpc) is 2.80. The number of carbonyl (C=O) groups is 2. The van der Waals surface area contributed by atoms with Crippen molar-refractivity contribution in [3.63, 3.8) is 0 Å². The third-order valence-electron chi connectivity index (χ3n) is 5.33. The molecule has 1 aliphatic rings. The van der Waals surface area contributed by atoms with Gasteiger partial charge in [-0.1, -0.05) is 61.5 Å². The summed E-state index contributed by atoms with van der Waals surface area (Å²) >= 11 is 7.53. The number of nitrogens with zero attached hydrogens (tertiary/aromatic N) is 2. The number of nitrogens with one attached hydrogen (secondary N) is 1. The maximum atomic E-state index is 13.3. The molecule has 2 amide bonds. The summed E-state index contributed by atoms with van der Waals surface area (Å²) in [4.78, 5) is 31.5. The van der Waals surface area contributed by atoms with Crippen molar-refractivity contribution in [1.29, 1.82) is 0 Å². The molecule has 1 heterocycles. The van der Waals surface area contributed by atoms with Gasteiger partial charge in [0.1, 0.15) is 6.54 Å². The van der Waals surface area contributed by atoms with E-state index in [0.717, 1.165) is 55.0 Å². The molecule has 0 saturated heterocycles.